The van der Waals surface area contributed by atoms with Crippen molar-refractivity contribution in [3.8, 4) is 11.5 Å². The van der Waals surface area contributed by atoms with Crippen molar-refractivity contribution in [1.29, 1.82) is 0 Å². The highest BCUT2D eigenvalue weighted by molar-refractivity contribution is 5.83. The number of benzene rings is 1. The van der Waals surface area contributed by atoms with Crippen molar-refractivity contribution in [3.05, 3.63) is 23.8 Å². The van der Waals surface area contributed by atoms with Crippen LogP contribution >= 0.6 is 0 Å². The van der Waals surface area contributed by atoms with Crippen LogP contribution in [0.3, 0.4) is 0 Å². The third kappa shape index (κ3) is 2.35. The maximum atomic E-state index is 11.7. The summed E-state index contributed by atoms with van der Waals surface area (Å²) in [5, 5.41) is 0. The first kappa shape index (κ1) is 11.6. The Morgan fingerprint density at radius 3 is 2.72 bits per heavy atom. The number of carbonyl (C=O) groups excluding carboxylic acids is 1. The van der Waals surface area contributed by atoms with Gasteiger partial charge >= 0.3 is 0 Å². The Morgan fingerprint density at radius 1 is 1.11 bits per heavy atom. The summed E-state index contributed by atoms with van der Waals surface area (Å²) in [4.78, 5) is 11.7. The van der Waals surface area contributed by atoms with Gasteiger partial charge < -0.3 is 9.47 Å². The summed E-state index contributed by atoms with van der Waals surface area (Å²) >= 11 is 0. The first-order valence-electron chi connectivity index (χ1n) is 6.74. The van der Waals surface area contributed by atoms with Crippen molar-refractivity contribution in [2.75, 3.05) is 13.2 Å². The molecule has 1 saturated carbocycles. The molecule has 1 aromatic carbocycles. The molecule has 1 aliphatic carbocycles. The minimum absolute atomic E-state index is 0.217. The minimum Gasteiger partial charge on any atom is -0.490 e. The molecular formula is C15H18O3. The first-order chi connectivity index (χ1) is 8.83. The van der Waals surface area contributed by atoms with E-state index in [0.29, 0.717) is 19.0 Å². The lowest BCUT2D eigenvalue weighted by atomic mass is 9.97. The van der Waals surface area contributed by atoms with Crippen LogP contribution in [-0.2, 0) is 11.2 Å². The summed E-state index contributed by atoms with van der Waals surface area (Å²) in [6.07, 6.45) is 4.61. The van der Waals surface area contributed by atoms with Crippen molar-refractivity contribution < 1.29 is 14.3 Å². The van der Waals surface area contributed by atoms with Crippen LogP contribution in [0.1, 0.15) is 31.2 Å². The molecule has 2 aliphatic rings. The van der Waals surface area contributed by atoms with Gasteiger partial charge in [-0.15, -0.1) is 0 Å². The molecule has 1 atom stereocenters. The molecule has 0 N–H and O–H groups in total. The van der Waals surface area contributed by atoms with Crippen molar-refractivity contribution in [2.24, 2.45) is 5.92 Å². The van der Waals surface area contributed by atoms with Crippen molar-refractivity contribution in [2.45, 2.75) is 32.1 Å². The number of fused-ring (bicyclic) bond motifs is 1. The quantitative estimate of drug-likeness (QED) is 0.805. The first-order valence-corrected chi connectivity index (χ1v) is 6.74. The van der Waals surface area contributed by atoms with Crippen LogP contribution in [0.4, 0.5) is 0 Å². The number of rotatable bonds is 2. The smallest absolute Gasteiger partial charge is 0.161 e. The van der Waals surface area contributed by atoms with Crippen LogP contribution in [0.15, 0.2) is 18.2 Å². The van der Waals surface area contributed by atoms with Crippen molar-refractivity contribution in [3.63, 3.8) is 0 Å². The summed E-state index contributed by atoms with van der Waals surface area (Å²) in [5.41, 5.74) is 1.18. The van der Waals surface area contributed by atoms with Crippen LogP contribution < -0.4 is 9.47 Å². The van der Waals surface area contributed by atoms with E-state index < -0.39 is 0 Å². The highest BCUT2D eigenvalue weighted by atomic mass is 16.5. The van der Waals surface area contributed by atoms with Gasteiger partial charge in [0.25, 0.3) is 0 Å². The Bertz CT molecular complexity index is 453. The van der Waals surface area contributed by atoms with Gasteiger partial charge in [-0.05, 0) is 37.0 Å². The van der Waals surface area contributed by atoms with E-state index in [1.165, 1.54) is 5.56 Å². The van der Waals surface area contributed by atoms with E-state index in [9.17, 15) is 4.79 Å². The van der Waals surface area contributed by atoms with Gasteiger partial charge in [-0.2, -0.15) is 0 Å². The molecule has 0 bridgehead atoms. The summed E-state index contributed by atoms with van der Waals surface area (Å²) < 4.78 is 11.3. The molecule has 0 aromatic heterocycles. The van der Waals surface area contributed by atoms with Gasteiger partial charge in [0.15, 0.2) is 11.5 Å². The Morgan fingerprint density at radius 2 is 1.94 bits per heavy atom. The fourth-order valence-electron chi connectivity index (χ4n) is 2.72. The zero-order valence-corrected chi connectivity index (χ0v) is 10.5. The third-order valence-electron chi connectivity index (χ3n) is 3.73. The number of hydrogen-bond donors (Lipinski definition) is 0. The molecular weight excluding hydrogens is 228 g/mol. The molecule has 3 nitrogen and oxygen atoms in total. The van der Waals surface area contributed by atoms with Crippen molar-refractivity contribution in [1.82, 2.24) is 0 Å². The second kappa shape index (κ2) is 5.01. The van der Waals surface area contributed by atoms with Gasteiger partial charge in [0, 0.05) is 18.8 Å². The molecule has 0 saturated heterocycles. The Kier molecular flexibility index (Phi) is 3.22. The fourth-order valence-corrected chi connectivity index (χ4v) is 2.72. The number of hydrogen-bond acceptors (Lipinski definition) is 3. The number of carbonyl (C=O) groups is 1. The average Bonchev–Trinajstić information content (AvgIpc) is 2.65. The molecule has 96 valence electrons. The van der Waals surface area contributed by atoms with Crippen LogP contribution in [0.5, 0.6) is 11.5 Å². The molecule has 1 aromatic rings. The molecule has 1 aliphatic heterocycles. The predicted octanol–water partition coefficient (Wildman–Crippen LogP) is 2.76. The second-order valence-corrected chi connectivity index (χ2v) is 5.09. The molecule has 0 amide bonds. The molecule has 0 spiro atoms. The van der Waals surface area contributed by atoms with Gasteiger partial charge in [-0.3, -0.25) is 4.79 Å². The monoisotopic (exact) mass is 246 g/mol. The zero-order valence-electron chi connectivity index (χ0n) is 10.5. The molecule has 3 heteroatoms. The normalized spacial score (nSPS) is 22.9. The molecule has 0 radical (unpaired) electrons. The van der Waals surface area contributed by atoms with E-state index >= 15 is 0 Å². The van der Waals surface area contributed by atoms with Crippen LogP contribution in [0.2, 0.25) is 0 Å². The second-order valence-electron chi connectivity index (χ2n) is 5.09. The molecule has 1 fully saturated rings. The number of ketones is 1. The fraction of sp³-hybridized carbons (Fsp3) is 0.533. The Hall–Kier alpha value is -1.51. The van der Waals surface area contributed by atoms with Gasteiger partial charge in [-0.1, -0.05) is 6.07 Å². The zero-order chi connectivity index (χ0) is 12.4. The van der Waals surface area contributed by atoms with E-state index in [4.69, 9.17) is 9.47 Å². The van der Waals surface area contributed by atoms with E-state index in [1.54, 1.807) is 0 Å². The average molecular weight is 246 g/mol. The maximum absolute atomic E-state index is 11.7. The van der Waals surface area contributed by atoms with Crippen LogP contribution in [0, 0.1) is 5.92 Å². The lowest BCUT2D eigenvalue weighted by Crippen LogP contribution is -2.09. The van der Waals surface area contributed by atoms with E-state index in [0.717, 1.165) is 43.6 Å². The number of ether oxygens (including phenoxy) is 2. The SMILES string of the molecule is O=C1CCCC1Cc1ccc2c(c1)OCCCO2. The van der Waals surface area contributed by atoms with Gasteiger partial charge in [-0.25, -0.2) is 0 Å². The van der Waals surface area contributed by atoms with E-state index in [2.05, 4.69) is 6.07 Å². The largest absolute Gasteiger partial charge is 0.490 e. The summed E-state index contributed by atoms with van der Waals surface area (Å²) in [6, 6.07) is 6.06. The van der Waals surface area contributed by atoms with Crippen molar-refractivity contribution >= 4 is 5.78 Å². The molecule has 1 unspecified atom stereocenters. The molecule has 3 rings (SSSR count). The summed E-state index contributed by atoms with van der Waals surface area (Å²) in [6.45, 7) is 1.42. The Balaban J connectivity index is 1.77. The Labute approximate surface area is 107 Å². The van der Waals surface area contributed by atoms with Crippen LogP contribution in [0.25, 0.3) is 0 Å². The lowest BCUT2D eigenvalue weighted by molar-refractivity contribution is -0.120. The van der Waals surface area contributed by atoms with Gasteiger partial charge in [0.05, 0.1) is 13.2 Å². The van der Waals surface area contributed by atoms with E-state index in [1.807, 2.05) is 12.1 Å². The maximum Gasteiger partial charge on any atom is 0.161 e. The topological polar surface area (TPSA) is 35.5 Å². The lowest BCUT2D eigenvalue weighted by Gasteiger charge is -2.11. The highest BCUT2D eigenvalue weighted by Crippen LogP contribution is 2.32. The summed E-state index contributed by atoms with van der Waals surface area (Å²) in [7, 11) is 0. The van der Waals surface area contributed by atoms with E-state index in [-0.39, 0.29) is 5.92 Å². The summed E-state index contributed by atoms with van der Waals surface area (Å²) in [5.74, 6) is 2.29. The van der Waals surface area contributed by atoms with Gasteiger partial charge in [0.1, 0.15) is 5.78 Å². The predicted molar refractivity (Wildman–Crippen MR) is 68.1 cm³/mol. The molecule has 18 heavy (non-hydrogen) atoms. The standard InChI is InChI=1S/C15H18O3/c16-13-4-1-3-12(13)9-11-5-6-14-15(10-11)18-8-2-7-17-14/h5-6,10,12H,1-4,7-9H2. The minimum atomic E-state index is 0.217. The van der Waals surface area contributed by atoms with Gasteiger partial charge in [0.2, 0.25) is 0 Å². The highest BCUT2D eigenvalue weighted by Gasteiger charge is 2.24. The number of Topliss-reactive ketones (excluding diaryl/α,β-unsaturated/α-hetero) is 1. The van der Waals surface area contributed by atoms with Crippen LogP contribution in [-0.4, -0.2) is 19.0 Å². The third-order valence-corrected chi connectivity index (χ3v) is 3.73. The molecule has 1 heterocycles.